The topological polar surface area (TPSA) is 79.4 Å². The molecular weight excluding hydrogens is 509 g/mol. The number of fused-ring (bicyclic) bond motifs is 1. The summed E-state index contributed by atoms with van der Waals surface area (Å²) < 4.78 is 73.5. The molecule has 3 aromatic carbocycles. The second-order valence-electron chi connectivity index (χ2n) is 8.60. The summed E-state index contributed by atoms with van der Waals surface area (Å²) in [4.78, 5) is 23.3. The Hall–Kier alpha value is -4.48. The summed E-state index contributed by atoms with van der Waals surface area (Å²) in [6.45, 7) is 1.76. The van der Waals surface area contributed by atoms with E-state index in [4.69, 9.17) is 4.74 Å². The van der Waals surface area contributed by atoms with E-state index in [0.29, 0.717) is 16.9 Å². The number of alkyl halides is 3. The number of anilines is 3. The van der Waals surface area contributed by atoms with E-state index < -0.39 is 35.2 Å². The van der Waals surface area contributed by atoms with E-state index in [0.717, 1.165) is 56.3 Å². The minimum atomic E-state index is -4.59. The van der Waals surface area contributed by atoms with Gasteiger partial charge in [0.1, 0.15) is 11.6 Å². The van der Waals surface area contributed by atoms with Crippen LogP contribution >= 0.6 is 0 Å². The lowest BCUT2D eigenvalue weighted by molar-refractivity contribution is -0.137. The first kappa shape index (κ1) is 25.2. The van der Waals surface area contributed by atoms with E-state index in [-0.39, 0.29) is 17.1 Å². The van der Waals surface area contributed by atoms with Gasteiger partial charge in [0.15, 0.2) is 17.4 Å². The molecule has 1 fully saturated rings. The SMILES string of the molecule is O=C(Nc1cccc(C(F)(F)F)c1)Nc1cc(F)c(Oc2ccc3ncc(N4CCCC4)nc3c2)c(F)c1. The van der Waals surface area contributed by atoms with E-state index in [2.05, 4.69) is 25.5 Å². The summed E-state index contributed by atoms with van der Waals surface area (Å²) in [5, 5.41) is 4.38. The highest BCUT2D eigenvalue weighted by molar-refractivity contribution is 5.99. The first-order valence-corrected chi connectivity index (χ1v) is 11.6. The molecule has 0 bridgehead atoms. The lowest BCUT2D eigenvalue weighted by Crippen LogP contribution is -2.20. The first-order valence-electron chi connectivity index (χ1n) is 11.6. The van der Waals surface area contributed by atoms with Gasteiger partial charge in [-0.25, -0.2) is 18.6 Å². The Balaban J connectivity index is 1.30. The van der Waals surface area contributed by atoms with Gasteiger partial charge in [-0.3, -0.25) is 4.98 Å². The molecule has 0 atom stereocenters. The van der Waals surface area contributed by atoms with Gasteiger partial charge in [0.25, 0.3) is 0 Å². The third-order valence-electron chi connectivity index (χ3n) is 5.85. The molecule has 0 radical (unpaired) electrons. The average molecular weight is 529 g/mol. The summed E-state index contributed by atoms with van der Waals surface area (Å²) in [6.07, 6.45) is -0.773. The Bertz CT molecular complexity index is 1480. The normalized spacial score (nSPS) is 13.6. The number of aromatic nitrogens is 2. The minimum Gasteiger partial charge on any atom is -0.451 e. The molecule has 1 saturated heterocycles. The molecule has 2 heterocycles. The number of hydrogen-bond donors (Lipinski definition) is 2. The van der Waals surface area contributed by atoms with Crippen molar-refractivity contribution in [1.82, 2.24) is 9.97 Å². The van der Waals surface area contributed by atoms with Crippen molar-refractivity contribution in [1.29, 1.82) is 0 Å². The number of halogens is 5. The number of nitrogens with zero attached hydrogens (tertiary/aromatic N) is 3. The van der Waals surface area contributed by atoms with Gasteiger partial charge in [0.05, 0.1) is 22.8 Å². The zero-order valence-corrected chi connectivity index (χ0v) is 19.6. The fourth-order valence-corrected chi connectivity index (χ4v) is 4.06. The van der Waals surface area contributed by atoms with E-state index in [1.54, 1.807) is 12.3 Å². The van der Waals surface area contributed by atoms with Gasteiger partial charge in [0.2, 0.25) is 0 Å². The molecule has 0 saturated carbocycles. The average Bonchev–Trinajstić information content (AvgIpc) is 3.40. The maximum absolute atomic E-state index is 14.7. The summed E-state index contributed by atoms with van der Waals surface area (Å²) >= 11 is 0. The summed E-state index contributed by atoms with van der Waals surface area (Å²) in [6, 6.07) is 9.27. The number of nitrogens with one attached hydrogen (secondary N) is 2. The van der Waals surface area contributed by atoms with Crippen LogP contribution in [0.15, 0.2) is 60.8 Å². The van der Waals surface area contributed by atoms with E-state index in [1.807, 2.05) is 0 Å². The number of ether oxygens (including phenoxy) is 1. The molecule has 1 aliphatic rings. The van der Waals surface area contributed by atoms with Gasteiger partial charge in [0, 0.05) is 42.7 Å². The number of hydrogen-bond acceptors (Lipinski definition) is 5. The summed E-state index contributed by atoms with van der Waals surface area (Å²) in [5.41, 5.74) is -0.285. The van der Waals surface area contributed by atoms with Gasteiger partial charge in [-0.15, -0.1) is 0 Å². The predicted molar refractivity (Wildman–Crippen MR) is 132 cm³/mol. The molecule has 7 nitrogen and oxygen atoms in total. The number of amides is 2. The Labute approximate surface area is 213 Å². The zero-order valence-electron chi connectivity index (χ0n) is 19.6. The Morgan fingerprint density at radius 1 is 0.895 bits per heavy atom. The quantitative estimate of drug-likeness (QED) is 0.273. The maximum Gasteiger partial charge on any atom is 0.416 e. The van der Waals surface area contributed by atoms with Gasteiger partial charge >= 0.3 is 12.2 Å². The molecule has 196 valence electrons. The molecule has 0 aliphatic carbocycles. The van der Waals surface area contributed by atoms with Crippen LogP contribution in [0.3, 0.4) is 0 Å². The van der Waals surface area contributed by atoms with E-state index in [1.165, 1.54) is 18.2 Å². The first-order chi connectivity index (χ1) is 18.2. The fraction of sp³-hybridized carbons (Fsp3) is 0.192. The van der Waals surface area contributed by atoms with Crippen molar-refractivity contribution >= 4 is 34.3 Å². The molecule has 1 aliphatic heterocycles. The molecular formula is C26H20F5N5O2. The standard InChI is InChI=1S/C26H20F5N5O2/c27-19-11-17(34-25(37)33-16-5-3-4-15(10-16)26(29,30)31)12-20(28)24(19)38-18-6-7-21-22(13-18)35-23(14-32-21)36-8-1-2-9-36/h3-7,10-14H,1-2,8-9H2,(H2,33,34,37). The van der Waals surface area contributed by atoms with Crippen LogP contribution in [-0.2, 0) is 6.18 Å². The molecule has 4 aromatic rings. The van der Waals surface area contributed by atoms with Gasteiger partial charge in [-0.1, -0.05) is 6.07 Å². The van der Waals surface area contributed by atoms with Crippen molar-refractivity contribution in [3.05, 3.63) is 78.0 Å². The molecule has 38 heavy (non-hydrogen) atoms. The number of carbonyl (C=O) groups excluding carboxylic acids is 1. The lowest BCUT2D eigenvalue weighted by Gasteiger charge is -2.16. The Morgan fingerprint density at radius 3 is 2.32 bits per heavy atom. The van der Waals surface area contributed by atoms with Crippen LogP contribution in [0.2, 0.25) is 0 Å². The summed E-state index contributed by atoms with van der Waals surface area (Å²) in [7, 11) is 0. The largest absolute Gasteiger partial charge is 0.451 e. The van der Waals surface area contributed by atoms with Crippen molar-refractivity contribution in [2.45, 2.75) is 19.0 Å². The molecule has 12 heteroatoms. The third-order valence-corrected chi connectivity index (χ3v) is 5.85. The molecule has 1 aromatic heterocycles. The third kappa shape index (κ3) is 5.58. The summed E-state index contributed by atoms with van der Waals surface area (Å²) in [5.74, 6) is -2.06. The van der Waals surface area contributed by atoms with Gasteiger partial charge in [-0.2, -0.15) is 13.2 Å². The van der Waals surface area contributed by atoms with Crippen LogP contribution in [-0.4, -0.2) is 29.1 Å². The smallest absolute Gasteiger partial charge is 0.416 e. The molecule has 0 unspecified atom stereocenters. The van der Waals surface area contributed by atoms with Gasteiger partial charge in [-0.05, 0) is 43.2 Å². The molecule has 5 rings (SSSR count). The number of benzene rings is 3. The lowest BCUT2D eigenvalue weighted by atomic mass is 10.2. The van der Waals surface area contributed by atoms with Gasteiger partial charge < -0.3 is 20.3 Å². The monoisotopic (exact) mass is 529 g/mol. The zero-order chi connectivity index (χ0) is 26.9. The van der Waals surface area contributed by atoms with E-state index in [9.17, 15) is 26.7 Å². The highest BCUT2D eigenvalue weighted by atomic mass is 19.4. The van der Waals surface area contributed by atoms with Crippen molar-refractivity contribution in [2.75, 3.05) is 28.6 Å². The van der Waals surface area contributed by atoms with Crippen molar-refractivity contribution in [3.63, 3.8) is 0 Å². The number of rotatable bonds is 5. The second-order valence-corrected chi connectivity index (χ2v) is 8.60. The van der Waals surface area contributed by atoms with Crippen LogP contribution in [0.4, 0.5) is 43.9 Å². The van der Waals surface area contributed by atoms with Crippen LogP contribution in [0.25, 0.3) is 11.0 Å². The van der Waals surface area contributed by atoms with Crippen molar-refractivity contribution < 1.29 is 31.5 Å². The Kier molecular flexibility index (Phi) is 6.70. The van der Waals surface area contributed by atoms with E-state index >= 15 is 0 Å². The van der Waals surface area contributed by atoms with Crippen molar-refractivity contribution in [3.8, 4) is 11.5 Å². The molecule has 2 amide bonds. The van der Waals surface area contributed by atoms with Crippen molar-refractivity contribution in [2.24, 2.45) is 0 Å². The highest BCUT2D eigenvalue weighted by Gasteiger charge is 2.30. The minimum absolute atomic E-state index is 0.131. The van der Waals surface area contributed by atoms with Crippen LogP contribution in [0.1, 0.15) is 18.4 Å². The number of carbonyl (C=O) groups is 1. The Morgan fingerprint density at radius 2 is 1.61 bits per heavy atom. The fourth-order valence-electron chi connectivity index (χ4n) is 4.06. The highest BCUT2D eigenvalue weighted by Crippen LogP contribution is 2.33. The predicted octanol–water partition coefficient (Wildman–Crippen LogP) is 6.96. The molecule has 0 spiro atoms. The molecule has 2 N–H and O–H groups in total. The second kappa shape index (κ2) is 10.1. The number of urea groups is 1. The van der Waals surface area contributed by atoms with Crippen LogP contribution in [0, 0.1) is 11.6 Å². The van der Waals surface area contributed by atoms with Crippen LogP contribution < -0.4 is 20.3 Å². The maximum atomic E-state index is 14.7. The van der Waals surface area contributed by atoms with Crippen LogP contribution in [0.5, 0.6) is 11.5 Å².